The molecule has 0 spiro atoms. The molecule has 1 aliphatic rings. The van der Waals surface area contributed by atoms with Gasteiger partial charge >= 0.3 is 0 Å². The molecule has 0 aliphatic carbocycles. The third kappa shape index (κ3) is 3.32. The van der Waals surface area contributed by atoms with Crippen LogP contribution >= 0.6 is 11.6 Å². The van der Waals surface area contributed by atoms with Gasteiger partial charge in [-0.1, -0.05) is 11.6 Å². The smallest absolute Gasteiger partial charge is 0.153 e. The highest BCUT2D eigenvalue weighted by Gasteiger charge is 2.16. The Morgan fingerprint density at radius 1 is 1.50 bits per heavy atom. The summed E-state index contributed by atoms with van der Waals surface area (Å²) in [7, 11) is 2.18. The number of likely N-dealkylation sites (tertiary alicyclic amines) is 1. The van der Waals surface area contributed by atoms with Crippen LogP contribution in [-0.2, 0) is 0 Å². The van der Waals surface area contributed by atoms with Crippen molar-refractivity contribution in [2.24, 2.45) is 5.92 Å². The molecule has 0 atom stereocenters. The number of halogens is 1. The molecule has 1 fully saturated rings. The van der Waals surface area contributed by atoms with E-state index in [0.29, 0.717) is 5.15 Å². The highest BCUT2D eigenvalue weighted by atomic mass is 35.5. The van der Waals surface area contributed by atoms with Crippen molar-refractivity contribution in [3.8, 4) is 0 Å². The summed E-state index contributed by atoms with van der Waals surface area (Å²) in [4.78, 5) is 2.38. The summed E-state index contributed by atoms with van der Waals surface area (Å²) in [5.41, 5.74) is 0.957. The number of hydrogen-bond donors (Lipinski definition) is 1. The van der Waals surface area contributed by atoms with Crippen LogP contribution in [0.4, 0.5) is 5.69 Å². The lowest BCUT2D eigenvalue weighted by atomic mass is 9.97. The Morgan fingerprint density at radius 2 is 2.25 bits per heavy atom. The molecule has 16 heavy (non-hydrogen) atoms. The highest BCUT2D eigenvalue weighted by molar-refractivity contribution is 6.29. The molecule has 1 aromatic heterocycles. The number of anilines is 1. The van der Waals surface area contributed by atoms with Crippen LogP contribution in [0.2, 0.25) is 5.15 Å². The fourth-order valence-electron chi connectivity index (χ4n) is 1.97. The van der Waals surface area contributed by atoms with Gasteiger partial charge in [-0.25, -0.2) is 0 Å². The minimum atomic E-state index is 0.438. The van der Waals surface area contributed by atoms with Gasteiger partial charge in [0.2, 0.25) is 0 Å². The zero-order valence-electron chi connectivity index (χ0n) is 9.49. The van der Waals surface area contributed by atoms with Crippen LogP contribution in [0.5, 0.6) is 0 Å². The Labute approximate surface area is 101 Å². The first kappa shape index (κ1) is 11.6. The Kier molecular flexibility index (Phi) is 3.96. The molecule has 0 amide bonds. The molecule has 1 aliphatic heterocycles. The van der Waals surface area contributed by atoms with Crippen molar-refractivity contribution in [2.75, 3.05) is 32.0 Å². The zero-order valence-corrected chi connectivity index (χ0v) is 10.2. The maximum atomic E-state index is 5.77. The summed E-state index contributed by atoms with van der Waals surface area (Å²) in [6, 6.07) is 1.81. The van der Waals surface area contributed by atoms with E-state index in [1.54, 1.807) is 6.20 Å². The Balaban J connectivity index is 1.79. The van der Waals surface area contributed by atoms with Crippen molar-refractivity contribution in [1.29, 1.82) is 0 Å². The summed E-state index contributed by atoms with van der Waals surface area (Å²) >= 11 is 5.77. The van der Waals surface area contributed by atoms with Gasteiger partial charge in [0.1, 0.15) is 0 Å². The number of aromatic nitrogens is 2. The van der Waals surface area contributed by atoms with E-state index in [1.807, 2.05) is 6.07 Å². The Bertz CT molecular complexity index is 337. The van der Waals surface area contributed by atoms with Crippen LogP contribution < -0.4 is 5.32 Å². The first-order chi connectivity index (χ1) is 7.74. The van der Waals surface area contributed by atoms with E-state index >= 15 is 0 Å². The lowest BCUT2D eigenvalue weighted by Crippen LogP contribution is -2.32. The number of nitrogens with one attached hydrogen (secondary N) is 1. The van der Waals surface area contributed by atoms with Gasteiger partial charge in [0.15, 0.2) is 5.15 Å². The lowest BCUT2D eigenvalue weighted by Gasteiger charge is -2.29. The van der Waals surface area contributed by atoms with E-state index in [4.69, 9.17) is 11.6 Å². The SMILES string of the molecule is CN1CCC(CNc2cnnc(Cl)c2)CC1. The second-order valence-electron chi connectivity index (χ2n) is 4.39. The van der Waals surface area contributed by atoms with Crippen molar-refractivity contribution in [2.45, 2.75) is 12.8 Å². The zero-order chi connectivity index (χ0) is 11.4. The van der Waals surface area contributed by atoms with Crippen LogP contribution in [-0.4, -0.2) is 41.8 Å². The fraction of sp³-hybridized carbons (Fsp3) is 0.636. The largest absolute Gasteiger partial charge is 0.383 e. The maximum Gasteiger partial charge on any atom is 0.153 e. The average molecular weight is 241 g/mol. The van der Waals surface area contributed by atoms with Gasteiger partial charge in [-0.15, -0.1) is 5.10 Å². The molecular formula is C11H17ClN4. The second kappa shape index (κ2) is 5.46. The fourth-order valence-corrected chi connectivity index (χ4v) is 2.13. The molecule has 1 N–H and O–H groups in total. The van der Waals surface area contributed by atoms with Crippen LogP contribution in [0.25, 0.3) is 0 Å². The Morgan fingerprint density at radius 3 is 2.94 bits per heavy atom. The van der Waals surface area contributed by atoms with Crippen molar-refractivity contribution in [1.82, 2.24) is 15.1 Å². The molecule has 0 aromatic carbocycles. The third-order valence-electron chi connectivity index (χ3n) is 3.06. The Hall–Kier alpha value is -0.870. The van der Waals surface area contributed by atoms with Gasteiger partial charge in [-0.2, -0.15) is 5.10 Å². The van der Waals surface area contributed by atoms with E-state index in [-0.39, 0.29) is 0 Å². The van der Waals surface area contributed by atoms with E-state index < -0.39 is 0 Å². The van der Waals surface area contributed by atoms with Crippen LogP contribution in [0, 0.1) is 5.92 Å². The first-order valence-electron chi connectivity index (χ1n) is 5.64. The van der Waals surface area contributed by atoms with E-state index in [0.717, 1.165) is 18.2 Å². The summed E-state index contributed by atoms with van der Waals surface area (Å²) in [5, 5.41) is 11.3. The highest BCUT2D eigenvalue weighted by Crippen LogP contribution is 2.17. The second-order valence-corrected chi connectivity index (χ2v) is 4.78. The lowest BCUT2D eigenvalue weighted by molar-refractivity contribution is 0.226. The molecule has 2 heterocycles. The predicted octanol–water partition coefficient (Wildman–Crippen LogP) is 1.88. The number of nitrogens with zero attached hydrogens (tertiary/aromatic N) is 3. The summed E-state index contributed by atoms with van der Waals surface area (Å²) < 4.78 is 0. The molecule has 1 saturated heterocycles. The average Bonchev–Trinajstić information content (AvgIpc) is 2.28. The van der Waals surface area contributed by atoms with Gasteiger partial charge < -0.3 is 10.2 Å². The normalized spacial score (nSPS) is 18.6. The molecular weight excluding hydrogens is 224 g/mol. The first-order valence-corrected chi connectivity index (χ1v) is 6.02. The minimum Gasteiger partial charge on any atom is -0.383 e. The van der Waals surface area contributed by atoms with Gasteiger partial charge in [0.25, 0.3) is 0 Å². The minimum absolute atomic E-state index is 0.438. The molecule has 0 saturated carbocycles. The monoisotopic (exact) mass is 240 g/mol. The molecule has 0 radical (unpaired) electrons. The molecule has 1 aromatic rings. The summed E-state index contributed by atoms with van der Waals surface area (Å²) in [6.07, 6.45) is 4.23. The quantitative estimate of drug-likeness (QED) is 0.876. The standard InChI is InChI=1S/C11H17ClN4/c1-16-4-2-9(3-5-16)7-13-10-6-11(12)15-14-8-10/h6,8-9H,2-5,7H2,1H3,(H,13,15). The van der Waals surface area contributed by atoms with E-state index in [1.165, 1.54) is 25.9 Å². The predicted molar refractivity (Wildman–Crippen MR) is 65.8 cm³/mol. The number of rotatable bonds is 3. The van der Waals surface area contributed by atoms with Crippen LogP contribution in [0.15, 0.2) is 12.3 Å². The third-order valence-corrected chi connectivity index (χ3v) is 3.24. The van der Waals surface area contributed by atoms with E-state index in [9.17, 15) is 0 Å². The number of hydrogen-bond acceptors (Lipinski definition) is 4. The van der Waals surface area contributed by atoms with Crippen LogP contribution in [0.3, 0.4) is 0 Å². The number of piperidine rings is 1. The summed E-state index contributed by atoms with van der Waals surface area (Å²) in [5.74, 6) is 0.753. The van der Waals surface area contributed by atoms with Crippen LogP contribution in [0.1, 0.15) is 12.8 Å². The molecule has 0 unspecified atom stereocenters. The topological polar surface area (TPSA) is 41.0 Å². The van der Waals surface area contributed by atoms with Gasteiger partial charge in [-0.3, -0.25) is 0 Å². The van der Waals surface area contributed by atoms with Gasteiger partial charge in [0, 0.05) is 12.6 Å². The summed E-state index contributed by atoms with van der Waals surface area (Å²) in [6.45, 7) is 3.39. The molecule has 0 bridgehead atoms. The van der Waals surface area contributed by atoms with Crippen molar-refractivity contribution in [3.05, 3.63) is 17.4 Å². The van der Waals surface area contributed by atoms with Gasteiger partial charge in [0.05, 0.1) is 11.9 Å². The van der Waals surface area contributed by atoms with Crippen molar-refractivity contribution < 1.29 is 0 Å². The van der Waals surface area contributed by atoms with Crippen molar-refractivity contribution in [3.63, 3.8) is 0 Å². The molecule has 4 nitrogen and oxygen atoms in total. The van der Waals surface area contributed by atoms with Crippen molar-refractivity contribution >= 4 is 17.3 Å². The molecule has 88 valence electrons. The van der Waals surface area contributed by atoms with Gasteiger partial charge in [-0.05, 0) is 38.9 Å². The maximum absolute atomic E-state index is 5.77. The molecule has 5 heteroatoms. The van der Waals surface area contributed by atoms with E-state index in [2.05, 4.69) is 27.5 Å². The molecule has 2 rings (SSSR count).